The zero-order valence-electron chi connectivity index (χ0n) is 15.9. The highest BCUT2D eigenvalue weighted by Crippen LogP contribution is 2.40. The maximum absolute atomic E-state index is 5.88. The molecule has 2 fully saturated rings. The molecular formula is C19H32O6. The molecule has 0 N–H and O–H groups in total. The maximum atomic E-state index is 5.88. The fourth-order valence-electron chi connectivity index (χ4n) is 2.72. The van der Waals surface area contributed by atoms with Crippen molar-refractivity contribution in [1.29, 1.82) is 0 Å². The normalized spacial score (nSPS) is 36.3. The summed E-state index contributed by atoms with van der Waals surface area (Å²) < 4.78 is 34.6. The summed E-state index contributed by atoms with van der Waals surface area (Å²) in [6.45, 7) is 11.0. The van der Waals surface area contributed by atoms with Crippen LogP contribution in [0, 0.1) is 10.8 Å². The summed E-state index contributed by atoms with van der Waals surface area (Å²) in [5.74, 6) is 0. The van der Waals surface area contributed by atoms with Gasteiger partial charge >= 0.3 is 6.16 Å². The molecule has 1 spiro atoms. The van der Waals surface area contributed by atoms with E-state index in [4.69, 9.17) is 28.4 Å². The summed E-state index contributed by atoms with van der Waals surface area (Å²) in [5.41, 5.74) is -0.377. The molecular weight excluding hydrogens is 324 g/mol. The first-order valence-electron chi connectivity index (χ1n) is 9.08. The summed E-state index contributed by atoms with van der Waals surface area (Å²) in [6, 6.07) is 0. The maximum Gasteiger partial charge on any atom is 0.412 e. The van der Waals surface area contributed by atoms with Gasteiger partial charge in [-0.2, -0.15) is 0 Å². The van der Waals surface area contributed by atoms with Crippen LogP contribution in [-0.4, -0.2) is 45.8 Å². The van der Waals surface area contributed by atoms with Gasteiger partial charge in [0.05, 0.1) is 63.0 Å². The monoisotopic (exact) mass is 356 g/mol. The first-order chi connectivity index (χ1) is 12.1. The highest BCUT2D eigenvalue weighted by atomic mass is 17.0. The minimum absolute atomic E-state index is 0.189. The standard InChI is InChI=1S/C19H32O6/c1-5-9-20-11-17(7-3)13-22-19(23-14-17)24-15-18(8-4,16-25-19)12-21-10-6-2/h5-6,9-10H,7-8,11-16H2,1-4H3. The van der Waals surface area contributed by atoms with Crippen LogP contribution in [0.4, 0.5) is 0 Å². The van der Waals surface area contributed by atoms with Crippen LogP contribution in [0.15, 0.2) is 24.7 Å². The predicted octanol–water partition coefficient (Wildman–Crippen LogP) is 3.58. The van der Waals surface area contributed by atoms with Crippen molar-refractivity contribution in [3.63, 3.8) is 0 Å². The molecule has 25 heavy (non-hydrogen) atoms. The Labute approximate surface area is 151 Å². The van der Waals surface area contributed by atoms with E-state index in [2.05, 4.69) is 13.8 Å². The van der Waals surface area contributed by atoms with E-state index in [1.807, 2.05) is 26.0 Å². The molecule has 0 aromatic carbocycles. The van der Waals surface area contributed by atoms with Crippen LogP contribution in [0.25, 0.3) is 0 Å². The number of rotatable bonds is 8. The molecule has 0 saturated carbocycles. The highest BCUT2D eigenvalue weighted by molar-refractivity contribution is 4.86. The van der Waals surface area contributed by atoms with Crippen molar-refractivity contribution in [2.75, 3.05) is 39.6 Å². The van der Waals surface area contributed by atoms with Gasteiger partial charge in [0.2, 0.25) is 0 Å². The largest absolute Gasteiger partial charge is 0.501 e. The number of ether oxygens (including phenoxy) is 6. The lowest BCUT2D eigenvalue weighted by Crippen LogP contribution is -2.59. The Morgan fingerprint density at radius 1 is 0.720 bits per heavy atom. The van der Waals surface area contributed by atoms with Crippen molar-refractivity contribution in [1.82, 2.24) is 0 Å². The van der Waals surface area contributed by atoms with E-state index >= 15 is 0 Å². The molecule has 2 saturated heterocycles. The van der Waals surface area contributed by atoms with Gasteiger partial charge in [0.25, 0.3) is 0 Å². The fraction of sp³-hybridized carbons (Fsp3) is 0.789. The zero-order valence-corrected chi connectivity index (χ0v) is 15.9. The van der Waals surface area contributed by atoms with Crippen LogP contribution >= 0.6 is 0 Å². The lowest BCUT2D eigenvalue weighted by atomic mass is 9.87. The second-order valence-electron chi connectivity index (χ2n) is 6.92. The van der Waals surface area contributed by atoms with Crippen LogP contribution in [0.5, 0.6) is 0 Å². The van der Waals surface area contributed by atoms with Crippen molar-refractivity contribution in [3.8, 4) is 0 Å². The van der Waals surface area contributed by atoms with E-state index < -0.39 is 6.16 Å². The molecule has 2 aliphatic heterocycles. The van der Waals surface area contributed by atoms with Gasteiger partial charge < -0.3 is 28.4 Å². The molecule has 0 atom stereocenters. The Hall–Kier alpha value is -1.08. The summed E-state index contributed by atoms with van der Waals surface area (Å²) in [5, 5.41) is 0. The van der Waals surface area contributed by atoms with Crippen LogP contribution in [-0.2, 0) is 28.4 Å². The van der Waals surface area contributed by atoms with Crippen molar-refractivity contribution in [2.45, 2.75) is 46.7 Å². The third kappa shape index (κ3) is 4.97. The number of hydrogen-bond acceptors (Lipinski definition) is 6. The van der Waals surface area contributed by atoms with Crippen LogP contribution in [0.1, 0.15) is 40.5 Å². The topological polar surface area (TPSA) is 55.4 Å². The van der Waals surface area contributed by atoms with Gasteiger partial charge in [-0.3, -0.25) is 0 Å². The first kappa shape index (κ1) is 20.2. The second-order valence-corrected chi connectivity index (χ2v) is 6.92. The molecule has 6 heteroatoms. The lowest BCUT2D eigenvalue weighted by Gasteiger charge is -2.48. The van der Waals surface area contributed by atoms with E-state index in [9.17, 15) is 0 Å². The number of allylic oxidation sites excluding steroid dienone is 2. The Kier molecular flexibility index (Phi) is 7.31. The van der Waals surface area contributed by atoms with Crippen LogP contribution < -0.4 is 0 Å². The molecule has 2 aliphatic rings. The Morgan fingerprint density at radius 3 is 1.36 bits per heavy atom. The minimum atomic E-state index is -1.39. The summed E-state index contributed by atoms with van der Waals surface area (Å²) in [6.07, 6.45) is 7.49. The van der Waals surface area contributed by atoms with Crippen molar-refractivity contribution < 1.29 is 28.4 Å². The molecule has 0 unspecified atom stereocenters. The second kappa shape index (κ2) is 9.03. The average Bonchev–Trinajstić information content (AvgIpc) is 2.66. The van der Waals surface area contributed by atoms with Crippen molar-refractivity contribution in [3.05, 3.63) is 24.7 Å². The Bertz CT molecular complexity index is 397. The van der Waals surface area contributed by atoms with Gasteiger partial charge in [-0.25, -0.2) is 0 Å². The molecule has 2 heterocycles. The SMILES string of the molecule is CC=COCC1(CC)COC2(OC1)OCC(CC)(COC=CC)CO2. The molecule has 144 valence electrons. The fourth-order valence-corrected chi connectivity index (χ4v) is 2.72. The van der Waals surface area contributed by atoms with Gasteiger partial charge in [0, 0.05) is 0 Å². The molecule has 0 bridgehead atoms. The minimum Gasteiger partial charge on any atom is -0.501 e. The third-order valence-corrected chi connectivity index (χ3v) is 4.96. The Balaban J connectivity index is 1.89. The first-order valence-corrected chi connectivity index (χ1v) is 9.08. The summed E-state index contributed by atoms with van der Waals surface area (Å²) in [4.78, 5) is 0. The average molecular weight is 356 g/mol. The van der Waals surface area contributed by atoms with Gasteiger partial charge in [-0.05, 0) is 26.7 Å². The molecule has 2 rings (SSSR count). The van der Waals surface area contributed by atoms with Gasteiger partial charge in [-0.1, -0.05) is 26.0 Å². The van der Waals surface area contributed by atoms with E-state index in [0.717, 1.165) is 12.8 Å². The summed E-state index contributed by atoms with van der Waals surface area (Å²) in [7, 11) is 0. The molecule has 0 radical (unpaired) electrons. The van der Waals surface area contributed by atoms with E-state index in [1.54, 1.807) is 12.5 Å². The van der Waals surface area contributed by atoms with E-state index in [-0.39, 0.29) is 10.8 Å². The summed E-state index contributed by atoms with van der Waals surface area (Å²) >= 11 is 0. The smallest absolute Gasteiger partial charge is 0.412 e. The zero-order chi connectivity index (χ0) is 18.2. The third-order valence-electron chi connectivity index (χ3n) is 4.96. The molecule has 0 amide bonds. The molecule has 6 nitrogen and oxygen atoms in total. The molecule has 0 aliphatic carbocycles. The predicted molar refractivity (Wildman–Crippen MR) is 93.5 cm³/mol. The quantitative estimate of drug-likeness (QED) is 0.620. The van der Waals surface area contributed by atoms with Crippen molar-refractivity contribution >= 4 is 0 Å². The van der Waals surface area contributed by atoms with E-state index in [1.165, 1.54) is 0 Å². The van der Waals surface area contributed by atoms with Crippen molar-refractivity contribution in [2.24, 2.45) is 10.8 Å². The highest BCUT2D eigenvalue weighted by Gasteiger charge is 2.52. The van der Waals surface area contributed by atoms with Gasteiger partial charge in [-0.15, -0.1) is 0 Å². The molecule has 0 aromatic rings. The number of hydrogen-bond donors (Lipinski definition) is 0. The molecule has 0 aromatic heterocycles. The van der Waals surface area contributed by atoms with Gasteiger partial charge in [0.15, 0.2) is 0 Å². The lowest BCUT2D eigenvalue weighted by molar-refractivity contribution is -0.548. The van der Waals surface area contributed by atoms with E-state index in [0.29, 0.717) is 39.6 Å². The van der Waals surface area contributed by atoms with Gasteiger partial charge in [0.1, 0.15) is 0 Å². The van der Waals surface area contributed by atoms with Crippen LogP contribution in [0.3, 0.4) is 0 Å². The Morgan fingerprint density at radius 2 is 1.08 bits per heavy atom. The van der Waals surface area contributed by atoms with Crippen LogP contribution in [0.2, 0.25) is 0 Å².